The molecule has 1 aromatic heterocycles. The van der Waals surface area contributed by atoms with Crippen molar-refractivity contribution in [3.05, 3.63) is 10.1 Å². The first-order valence-electron chi connectivity index (χ1n) is 8.73. The van der Waals surface area contributed by atoms with Crippen molar-refractivity contribution in [1.82, 2.24) is 14.9 Å². The summed E-state index contributed by atoms with van der Waals surface area (Å²) in [6, 6.07) is 0. The van der Waals surface area contributed by atoms with Crippen molar-refractivity contribution >= 4 is 23.3 Å². The summed E-state index contributed by atoms with van der Waals surface area (Å²) in [5.74, 6) is 0.498. The number of hydrogen-bond acceptors (Lipinski definition) is 9. The summed E-state index contributed by atoms with van der Waals surface area (Å²) in [5, 5.41) is 14.6. The molecule has 3 N–H and O–H groups in total. The smallest absolute Gasteiger partial charge is 0.353 e. The average Bonchev–Trinajstić information content (AvgIpc) is 3.12. The summed E-state index contributed by atoms with van der Waals surface area (Å²) < 4.78 is 5.56. The van der Waals surface area contributed by atoms with Gasteiger partial charge in [-0.05, 0) is 19.4 Å². The number of aromatic nitrogens is 2. The van der Waals surface area contributed by atoms with E-state index < -0.39 is 4.92 Å². The van der Waals surface area contributed by atoms with E-state index in [1.54, 1.807) is 0 Å². The summed E-state index contributed by atoms with van der Waals surface area (Å²) in [6.45, 7) is 7.45. The Labute approximate surface area is 146 Å². The summed E-state index contributed by atoms with van der Waals surface area (Å²) >= 11 is 0. The minimum atomic E-state index is -0.499. The summed E-state index contributed by atoms with van der Waals surface area (Å²) in [4.78, 5) is 23.6. The maximum atomic E-state index is 11.5. The molecule has 25 heavy (non-hydrogen) atoms. The molecule has 3 heterocycles. The van der Waals surface area contributed by atoms with Crippen molar-refractivity contribution in [2.45, 2.75) is 25.9 Å². The highest BCUT2D eigenvalue weighted by molar-refractivity contribution is 5.71. The standard InChI is InChI=1S/C15H25N7O3/c1-2-20-5-7-21(8-6-20)14-12(22(23)24)13(16)18-15(19-14)17-10-11-4-3-9-25-11/h11H,2-10H2,1H3,(H3,16,17,18,19)/t11-/m0/s1. The quantitative estimate of drug-likeness (QED) is 0.563. The highest BCUT2D eigenvalue weighted by Gasteiger charge is 2.29. The van der Waals surface area contributed by atoms with Crippen molar-refractivity contribution in [3.63, 3.8) is 0 Å². The SMILES string of the molecule is CCN1CCN(c2nc(NC[C@@H]3CCCO3)nc(N)c2[N+](=O)[O-])CC1. The van der Waals surface area contributed by atoms with Crippen molar-refractivity contribution in [1.29, 1.82) is 0 Å². The number of nitro groups is 1. The summed E-state index contributed by atoms with van der Waals surface area (Å²) in [6.07, 6.45) is 2.15. The van der Waals surface area contributed by atoms with Crippen LogP contribution in [0.5, 0.6) is 0 Å². The molecule has 0 amide bonds. The molecule has 10 heteroatoms. The van der Waals surface area contributed by atoms with Gasteiger partial charge in [-0.15, -0.1) is 0 Å². The van der Waals surface area contributed by atoms with Gasteiger partial charge in [-0.1, -0.05) is 6.92 Å². The van der Waals surface area contributed by atoms with Gasteiger partial charge in [-0.2, -0.15) is 9.97 Å². The van der Waals surface area contributed by atoms with Gasteiger partial charge in [0.25, 0.3) is 0 Å². The van der Waals surface area contributed by atoms with Gasteiger partial charge in [0.15, 0.2) is 0 Å². The van der Waals surface area contributed by atoms with Gasteiger partial charge in [0.1, 0.15) is 0 Å². The molecular formula is C15H25N7O3. The Morgan fingerprint density at radius 3 is 2.72 bits per heavy atom. The van der Waals surface area contributed by atoms with Crippen LogP contribution in [0.25, 0.3) is 0 Å². The summed E-state index contributed by atoms with van der Waals surface area (Å²) in [7, 11) is 0. The van der Waals surface area contributed by atoms with Crippen LogP contribution in [0, 0.1) is 10.1 Å². The molecule has 10 nitrogen and oxygen atoms in total. The van der Waals surface area contributed by atoms with E-state index in [1.807, 2.05) is 4.90 Å². The molecular weight excluding hydrogens is 326 g/mol. The number of hydrogen-bond donors (Lipinski definition) is 2. The number of nitrogens with zero attached hydrogens (tertiary/aromatic N) is 5. The average molecular weight is 351 g/mol. The van der Waals surface area contributed by atoms with Crippen LogP contribution in [-0.4, -0.2) is 71.8 Å². The number of nitrogens with two attached hydrogens (primary N) is 1. The number of ether oxygens (including phenoxy) is 1. The highest BCUT2D eigenvalue weighted by Crippen LogP contribution is 2.32. The molecule has 3 rings (SSSR count). The molecule has 0 aromatic carbocycles. The van der Waals surface area contributed by atoms with Gasteiger partial charge >= 0.3 is 5.69 Å². The Bertz CT molecular complexity index is 613. The number of anilines is 3. The van der Waals surface area contributed by atoms with Crippen LogP contribution in [-0.2, 0) is 4.74 Å². The molecule has 2 saturated heterocycles. The molecule has 0 bridgehead atoms. The van der Waals surface area contributed by atoms with Crippen LogP contribution in [0.15, 0.2) is 0 Å². The van der Waals surface area contributed by atoms with Crippen molar-refractivity contribution in [3.8, 4) is 0 Å². The predicted octanol–water partition coefficient (Wildman–Crippen LogP) is 0.700. The molecule has 0 saturated carbocycles. The van der Waals surface area contributed by atoms with E-state index in [2.05, 4.69) is 27.1 Å². The van der Waals surface area contributed by atoms with Crippen LogP contribution in [0.1, 0.15) is 19.8 Å². The zero-order valence-corrected chi connectivity index (χ0v) is 14.5. The molecule has 138 valence electrons. The van der Waals surface area contributed by atoms with Crippen molar-refractivity contribution in [2.24, 2.45) is 0 Å². The zero-order valence-electron chi connectivity index (χ0n) is 14.5. The minimum absolute atomic E-state index is 0.109. The lowest BCUT2D eigenvalue weighted by Crippen LogP contribution is -2.46. The number of nitrogens with one attached hydrogen (secondary N) is 1. The molecule has 2 fully saturated rings. The van der Waals surface area contributed by atoms with Crippen molar-refractivity contribution < 1.29 is 9.66 Å². The minimum Gasteiger partial charge on any atom is -0.378 e. The van der Waals surface area contributed by atoms with Gasteiger partial charge in [0.2, 0.25) is 17.6 Å². The third-order valence-corrected chi connectivity index (χ3v) is 4.71. The fraction of sp³-hybridized carbons (Fsp3) is 0.733. The van der Waals surface area contributed by atoms with Gasteiger partial charge in [-0.25, -0.2) is 0 Å². The molecule has 2 aliphatic rings. The van der Waals surface area contributed by atoms with E-state index in [-0.39, 0.29) is 17.6 Å². The molecule has 0 spiro atoms. The second-order valence-electron chi connectivity index (χ2n) is 6.30. The van der Waals surface area contributed by atoms with Crippen LogP contribution in [0.4, 0.5) is 23.3 Å². The van der Waals surface area contributed by atoms with Gasteiger partial charge in [0, 0.05) is 39.3 Å². The normalized spacial score (nSPS) is 21.5. The predicted molar refractivity (Wildman–Crippen MR) is 94.9 cm³/mol. The van der Waals surface area contributed by atoms with Crippen LogP contribution in [0.2, 0.25) is 0 Å². The highest BCUT2D eigenvalue weighted by atomic mass is 16.6. The van der Waals surface area contributed by atoms with E-state index >= 15 is 0 Å². The summed E-state index contributed by atoms with van der Waals surface area (Å²) in [5.41, 5.74) is 5.65. The maximum absolute atomic E-state index is 11.5. The Morgan fingerprint density at radius 1 is 1.36 bits per heavy atom. The molecule has 2 aliphatic heterocycles. The Balaban J connectivity index is 1.79. The molecule has 1 aromatic rings. The first-order chi connectivity index (χ1) is 12.1. The Kier molecular flexibility index (Phi) is 5.49. The lowest BCUT2D eigenvalue weighted by molar-refractivity contribution is -0.383. The maximum Gasteiger partial charge on any atom is 0.353 e. The number of piperazine rings is 1. The van der Waals surface area contributed by atoms with Gasteiger partial charge in [-0.3, -0.25) is 10.1 Å². The Morgan fingerprint density at radius 2 is 2.12 bits per heavy atom. The first-order valence-corrected chi connectivity index (χ1v) is 8.73. The fourth-order valence-electron chi connectivity index (χ4n) is 3.22. The van der Waals surface area contributed by atoms with E-state index in [1.165, 1.54) is 0 Å². The number of likely N-dealkylation sites (N-methyl/N-ethyl adjacent to an activating group) is 1. The molecule has 0 radical (unpaired) electrons. The lowest BCUT2D eigenvalue weighted by atomic mass is 10.2. The lowest BCUT2D eigenvalue weighted by Gasteiger charge is -2.34. The second-order valence-corrected chi connectivity index (χ2v) is 6.30. The van der Waals surface area contributed by atoms with Gasteiger partial charge in [0.05, 0.1) is 11.0 Å². The van der Waals surface area contributed by atoms with E-state index in [4.69, 9.17) is 10.5 Å². The topological polar surface area (TPSA) is 123 Å². The molecule has 0 unspecified atom stereocenters. The van der Waals surface area contributed by atoms with E-state index in [0.29, 0.717) is 31.4 Å². The third kappa shape index (κ3) is 4.07. The largest absolute Gasteiger partial charge is 0.378 e. The fourth-order valence-corrected chi connectivity index (χ4v) is 3.22. The monoisotopic (exact) mass is 351 g/mol. The van der Waals surface area contributed by atoms with Crippen LogP contribution in [0.3, 0.4) is 0 Å². The third-order valence-electron chi connectivity index (χ3n) is 4.71. The van der Waals surface area contributed by atoms with Crippen LogP contribution >= 0.6 is 0 Å². The Hall–Kier alpha value is -2.20. The van der Waals surface area contributed by atoms with Gasteiger partial charge < -0.3 is 25.6 Å². The zero-order chi connectivity index (χ0) is 17.8. The first kappa shape index (κ1) is 17.6. The van der Waals surface area contributed by atoms with E-state index in [9.17, 15) is 10.1 Å². The van der Waals surface area contributed by atoms with E-state index in [0.717, 1.165) is 39.1 Å². The number of nitrogen functional groups attached to an aromatic ring is 1. The molecule has 0 aliphatic carbocycles. The van der Waals surface area contributed by atoms with Crippen molar-refractivity contribution in [2.75, 3.05) is 61.8 Å². The second kappa shape index (κ2) is 7.79. The number of rotatable bonds is 6. The van der Waals surface area contributed by atoms with Crippen LogP contribution < -0.4 is 16.0 Å². The molecule has 1 atom stereocenters.